The number of aliphatic hydroxyl groups excluding tert-OH is 2. The summed E-state index contributed by atoms with van der Waals surface area (Å²) in [5.41, 5.74) is 0. The van der Waals surface area contributed by atoms with Crippen molar-refractivity contribution < 1.29 is 58.2 Å². The summed E-state index contributed by atoms with van der Waals surface area (Å²) in [6.45, 7) is 5.62. The molecule has 0 saturated carbocycles. The number of ether oxygens (including phenoxy) is 5. The van der Waals surface area contributed by atoms with Gasteiger partial charge in [-0.2, -0.15) is 0 Å². The molecule has 1 rings (SSSR count). The van der Waals surface area contributed by atoms with Gasteiger partial charge in [-0.05, 0) is 77.0 Å². The Kier molecular flexibility index (Phi) is 39.3. The number of carboxylic acids is 1. The largest absolute Gasteiger partial charge is 0.479 e. The summed E-state index contributed by atoms with van der Waals surface area (Å²) in [6, 6.07) is 0. The first-order chi connectivity index (χ1) is 32.6. The van der Waals surface area contributed by atoms with Crippen molar-refractivity contribution in [3.63, 3.8) is 0 Å². The van der Waals surface area contributed by atoms with Crippen LogP contribution in [-0.2, 0) is 42.9 Å². The summed E-state index contributed by atoms with van der Waals surface area (Å²) >= 11 is 0. The number of carbonyl (C=O) groups is 4. The minimum absolute atomic E-state index is 0.0318. The topological polar surface area (TPSA) is 175 Å². The monoisotopic (exact) mass is 941 g/mol. The van der Waals surface area contributed by atoms with E-state index in [1.54, 1.807) is 0 Å². The first-order valence-corrected chi connectivity index (χ1v) is 25.6. The van der Waals surface area contributed by atoms with E-state index >= 15 is 0 Å². The molecule has 0 bridgehead atoms. The summed E-state index contributed by atoms with van der Waals surface area (Å²) < 4.78 is 28.1. The molecule has 6 unspecified atom stereocenters. The molecular weight excluding hydrogens is 853 g/mol. The third-order valence-electron chi connectivity index (χ3n) is 11.0. The highest BCUT2D eigenvalue weighted by atomic mass is 16.7. The van der Waals surface area contributed by atoms with Crippen LogP contribution in [0.3, 0.4) is 0 Å². The molecule has 0 aromatic carbocycles. The van der Waals surface area contributed by atoms with E-state index in [0.717, 1.165) is 96.3 Å². The fourth-order valence-corrected chi connectivity index (χ4v) is 7.10. The molecule has 1 aliphatic heterocycles. The number of carboxylic acid groups (broad SMARTS) is 1. The molecule has 1 fully saturated rings. The summed E-state index contributed by atoms with van der Waals surface area (Å²) in [6.07, 6.45) is 41.7. The number of aliphatic carboxylic acids is 1. The Labute approximate surface area is 403 Å². The number of hydrogen-bond donors (Lipinski definition) is 3. The molecule has 0 radical (unpaired) electrons. The average molecular weight is 941 g/mol. The molecule has 0 aromatic heterocycles. The molecule has 0 aromatic rings. The van der Waals surface area contributed by atoms with Gasteiger partial charge in [-0.25, -0.2) is 4.79 Å². The zero-order valence-corrected chi connectivity index (χ0v) is 41.4. The zero-order valence-electron chi connectivity index (χ0n) is 41.4. The molecule has 0 amide bonds. The van der Waals surface area contributed by atoms with Crippen LogP contribution in [-0.4, -0.2) is 89.2 Å². The van der Waals surface area contributed by atoms with Gasteiger partial charge in [-0.3, -0.25) is 14.4 Å². The molecular formula is C55H88O12. The Morgan fingerprint density at radius 3 is 1.49 bits per heavy atom. The fourth-order valence-electron chi connectivity index (χ4n) is 7.10. The van der Waals surface area contributed by atoms with E-state index in [1.807, 2.05) is 12.2 Å². The highest BCUT2D eigenvalue weighted by molar-refractivity contribution is 5.74. The lowest BCUT2D eigenvalue weighted by atomic mass is 9.98. The lowest BCUT2D eigenvalue weighted by Crippen LogP contribution is -2.61. The van der Waals surface area contributed by atoms with Crippen LogP contribution >= 0.6 is 0 Å². The maximum Gasteiger partial charge on any atom is 0.335 e. The number of esters is 3. The van der Waals surface area contributed by atoms with Gasteiger partial charge in [-0.1, -0.05) is 176 Å². The van der Waals surface area contributed by atoms with Gasteiger partial charge in [0.25, 0.3) is 0 Å². The maximum absolute atomic E-state index is 13.0. The number of unbranched alkanes of at least 4 members (excludes halogenated alkanes) is 13. The normalized spacial score (nSPS) is 19.6. The van der Waals surface area contributed by atoms with Crippen molar-refractivity contribution in [3.8, 4) is 0 Å². The third kappa shape index (κ3) is 33.9. The van der Waals surface area contributed by atoms with Gasteiger partial charge >= 0.3 is 23.9 Å². The minimum atomic E-state index is -1.92. The van der Waals surface area contributed by atoms with Crippen LogP contribution in [0.15, 0.2) is 85.1 Å². The number of allylic oxidation sites excluding steroid dienone is 14. The molecule has 1 saturated heterocycles. The Balaban J connectivity index is 2.77. The molecule has 67 heavy (non-hydrogen) atoms. The van der Waals surface area contributed by atoms with E-state index in [9.17, 15) is 34.5 Å². The van der Waals surface area contributed by atoms with Gasteiger partial charge in [0.2, 0.25) is 0 Å². The second-order valence-electron chi connectivity index (χ2n) is 17.0. The van der Waals surface area contributed by atoms with Crippen molar-refractivity contribution in [2.75, 3.05) is 13.2 Å². The van der Waals surface area contributed by atoms with Crippen LogP contribution in [0.2, 0.25) is 0 Å². The summed E-state index contributed by atoms with van der Waals surface area (Å²) in [5, 5.41) is 31.3. The summed E-state index contributed by atoms with van der Waals surface area (Å²) in [7, 11) is 0. The van der Waals surface area contributed by atoms with E-state index in [4.69, 9.17) is 23.7 Å². The number of carbonyl (C=O) groups excluding carboxylic acids is 3. The molecule has 0 aliphatic carbocycles. The summed E-state index contributed by atoms with van der Waals surface area (Å²) in [5.74, 6) is -3.26. The van der Waals surface area contributed by atoms with Crippen molar-refractivity contribution >= 4 is 23.9 Å². The third-order valence-corrected chi connectivity index (χ3v) is 11.0. The van der Waals surface area contributed by atoms with Crippen LogP contribution in [0.25, 0.3) is 0 Å². The second-order valence-corrected chi connectivity index (χ2v) is 17.0. The number of aliphatic hydroxyl groups is 2. The van der Waals surface area contributed by atoms with Crippen molar-refractivity contribution in [2.24, 2.45) is 0 Å². The zero-order chi connectivity index (χ0) is 49.0. The van der Waals surface area contributed by atoms with E-state index in [0.29, 0.717) is 19.3 Å². The van der Waals surface area contributed by atoms with Crippen LogP contribution in [0, 0.1) is 0 Å². The summed E-state index contributed by atoms with van der Waals surface area (Å²) in [4.78, 5) is 50.7. The predicted molar refractivity (Wildman–Crippen MR) is 266 cm³/mol. The van der Waals surface area contributed by atoms with E-state index in [-0.39, 0.29) is 25.9 Å². The molecule has 1 aliphatic rings. The lowest BCUT2D eigenvalue weighted by molar-refractivity contribution is -0.301. The predicted octanol–water partition coefficient (Wildman–Crippen LogP) is 12.0. The molecule has 12 nitrogen and oxygen atoms in total. The van der Waals surface area contributed by atoms with Crippen LogP contribution < -0.4 is 0 Å². The van der Waals surface area contributed by atoms with Gasteiger partial charge < -0.3 is 39.0 Å². The van der Waals surface area contributed by atoms with Crippen molar-refractivity contribution in [3.05, 3.63) is 85.1 Å². The van der Waals surface area contributed by atoms with Gasteiger partial charge in [0.1, 0.15) is 18.8 Å². The smallest absolute Gasteiger partial charge is 0.335 e. The second kappa shape index (κ2) is 43.2. The average Bonchev–Trinajstić information content (AvgIpc) is 3.31. The molecule has 1 heterocycles. The minimum Gasteiger partial charge on any atom is -0.479 e. The maximum atomic E-state index is 13.0. The Hall–Kier alpha value is -4.10. The molecule has 3 N–H and O–H groups in total. The quantitative estimate of drug-likeness (QED) is 0.0229. The highest BCUT2D eigenvalue weighted by Gasteiger charge is 2.50. The number of hydrogen-bond acceptors (Lipinski definition) is 11. The van der Waals surface area contributed by atoms with E-state index in [2.05, 4.69) is 93.7 Å². The fraction of sp³-hybridized carbons (Fsp3) is 0.673. The van der Waals surface area contributed by atoms with E-state index in [1.165, 1.54) is 32.1 Å². The highest BCUT2D eigenvalue weighted by Crippen LogP contribution is 2.26. The molecule has 12 heteroatoms. The van der Waals surface area contributed by atoms with Crippen LogP contribution in [0.1, 0.15) is 188 Å². The SMILES string of the molecule is CC/C=C\C/C=C\C/C=C\C/C=C\CCC(=O)OCC(COC1OC(C(=O)O)C(O)C(O)C1OC(=O)CCCCCCC/C=C\C/C=C\C/C=C\CC)OC(=O)CCCCCCCCCCC. The Morgan fingerprint density at radius 1 is 0.507 bits per heavy atom. The van der Waals surface area contributed by atoms with Crippen molar-refractivity contribution in [1.82, 2.24) is 0 Å². The van der Waals surface area contributed by atoms with Crippen molar-refractivity contribution in [2.45, 2.75) is 225 Å². The number of rotatable bonds is 41. The van der Waals surface area contributed by atoms with E-state index < -0.39 is 67.3 Å². The molecule has 0 spiro atoms. The first kappa shape index (κ1) is 60.9. The van der Waals surface area contributed by atoms with Crippen LogP contribution in [0.5, 0.6) is 0 Å². The van der Waals surface area contributed by atoms with Gasteiger partial charge in [-0.15, -0.1) is 0 Å². The van der Waals surface area contributed by atoms with Gasteiger partial charge in [0.05, 0.1) is 6.61 Å². The Bertz CT molecular complexity index is 1490. The standard InChI is InChI=1S/C55H88O12/c1-4-7-10-13-16-19-21-23-24-26-28-31-34-37-40-43-49(58)66-53-51(60)50(59)52(54(61)62)67-55(53)64-45-46(65-48(57)42-39-36-33-29-18-15-12-9-6-3)44-63-47(56)41-38-35-32-30-27-25-22-20-17-14-11-8-5-2/h7-8,10-11,16-17,19-20,23-25,27,32,35,46,50-53,55,59-60H,4-6,9,12-15,18,21-22,26,28-31,33-34,36-45H2,1-3H3,(H,61,62)/b10-7-,11-8-,19-16-,20-17-,24-23-,27-25-,35-32-. The van der Waals surface area contributed by atoms with Crippen molar-refractivity contribution in [1.29, 1.82) is 0 Å². The van der Waals surface area contributed by atoms with Crippen LogP contribution in [0.4, 0.5) is 0 Å². The van der Waals surface area contributed by atoms with Gasteiger partial charge in [0, 0.05) is 19.3 Å². The molecule has 380 valence electrons. The first-order valence-electron chi connectivity index (χ1n) is 25.6. The molecule has 6 atom stereocenters. The van der Waals surface area contributed by atoms with Gasteiger partial charge in [0.15, 0.2) is 24.6 Å². The Morgan fingerprint density at radius 2 is 0.970 bits per heavy atom. The lowest BCUT2D eigenvalue weighted by Gasteiger charge is -2.40.